The summed E-state index contributed by atoms with van der Waals surface area (Å²) in [6, 6.07) is 44.5. The van der Waals surface area contributed by atoms with Crippen LogP contribution in [0.25, 0.3) is 0 Å². The van der Waals surface area contributed by atoms with Crippen LogP contribution in [0.2, 0.25) is 10.0 Å². The second-order valence-electron chi connectivity index (χ2n) is 33.7. The van der Waals surface area contributed by atoms with Crippen molar-refractivity contribution < 1.29 is 109 Å². The quantitative estimate of drug-likeness (QED) is 0.0215. The molecule has 8 atom stereocenters. The van der Waals surface area contributed by atoms with Gasteiger partial charge in [0.05, 0.1) is 48.4 Å². The lowest BCUT2D eigenvalue weighted by molar-refractivity contribution is -0.138. The number of carbonyl (C=O) groups excluding carboxylic acids is 10. The highest BCUT2D eigenvalue weighted by Gasteiger charge is 2.37. The Labute approximate surface area is 772 Å². The highest BCUT2D eigenvalue weighted by atomic mass is 35.5. The molecule has 0 aliphatic heterocycles. The van der Waals surface area contributed by atoms with Gasteiger partial charge < -0.3 is 42.5 Å². The Balaban J connectivity index is 0.000000463. The SMILES string of the molecule is Cc1ccc(C(=O)N[C@@H]2CCCC[C@@H]2CC(=O)CNC(=O)c2cccc(C(F)(F)F)c2)cc1.Cc1ccc(C(=O)N[C@@H]2CCCC[C@H]2CC(=O)CNC(=O)c2cccc(C(F)(F)F)c2)c(C)c1.O=C(CNC(=O)c1cccc(C(F)(F)F)c1)N[C@H]1CCCC[C@@H]1CCc1ccc(Cl)cc1.O=C(CNC(=O)c1cccc(C(F)(F)F)c1)N[C@H]1CCCC[C@H]1CCc1ccc(Cl)cc1.[HH].[HH].[HH].[HH].[HH].[HH]. The number of aryl methyl sites for hydroxylation is 5. The maximum Gasteiger partial charge on any atom is 0.416 e. The monoisotopic (exact) mass is 1880 g/mol. The van der Waals surface area contributed by atoms with Crippen molar-refractivity contribution in [1.82, 2.24) is 42.5 Å². The molecule has 0 bridgehead atoms. The number of rotatable bonds is 28. The maximum atomic E-state index is 12.9. The van der Waals surface area contributed by atoms with E-state index in [1.807, 2.05) is 93.6 Å². The summed E-state index contributed by atoms with van der Waals surface area (Å²) in [5.41, 5.74) is 2.35. The molecule has 8 amide bonds. The molecule has 0 radical (unpaired) electrons. The molecule has 714 valence electrons. The van der Waals surface area contributed by atoms with Crippen LogP contribution in [0.4, 0.5) is 52.7 Å². The fraction of sp³-hybridized carbons (Fsp3) is 0.414. The largest absolute Gasteiger partial charge is 0.416 e. The Kier molecular flexibility index (Phi) is 38.8. The first-order chi connectivity index (χ1) is 62.1. The molecule has 18 nitrogen and oxygen atoms in total. The summed E-state index contributed by atoms with van der Waals surface area (Å²) in [5, 5.41) is 23.2. The van der Waals surface area contributed by atoms with Gasteiger partial charge in [0.25, 0.3) is 35.4 Å². The van der Waals surface area contributed by atoms with Crippen molar-refractivity contribution in [2.45, 2.75) is 211 Å². The summed E-state index contributed by atoms with van der Waals surface area (Å²) in [7, 11) is 0. The van der Waals surface area contributed by atoms with E-state index < -0.39 is 70.6 Å². The van der Waals surface area contributed by atoms with Crippen LogP contribution in [0.3, 0.4) is 0 Å². The lowest BCUT2D eigenvalue weighted by Crippen LogP contribution is -2.46. The van der Waals surface area contributed by atoms with E-state index in [0.717, 1.165) is 206 Å². The molecule has 4 aliphatic carbocycles. The highest BCUT2D eigenvalue weighted by Crippen LogP contribution is 2.37. The van der Waals surface area contributed by atoms with Crippen LogP contribution >= 0.6 is 23.2 Å². The number of amides is 8. The summed E-state index contributed by atoms with van der Waals surface area (Å²) in [5.74, 6) is -3.81. The summed E-state index contributed by atoms with van der Waals surface area (Å²) in [4.78, 5) is 124. The molecule has 4 aliphatic rings. The molecule has 0 aromatic heterocycles. The van der Waals surface area contributed by atoms with Crippen molar-refractivity contribution >= 4 is 82.0 Å². The summed E-state index contributed by atoms with van der Waals surface area (Å²) in [6.45, 7) is 4.68. The number of halogens is 14. The Morgan fingerprint density at radius 2 is 0.611 bits per heavy atom. The van der Waals surface area contributed by atoms with E-state index in [9.17, 15) is 101 Å². The number of carbonyl (C=O) groups is 10. The molecule has 0 heterocycles. The number of ketones is 2. The van der Waals surface area contributed by atoms with Crippen molar-refractivity contribution in [3.8, 4) is 0 Å². The van der Waals surface area contributed by atoms with Crippen LogP contribution in [0.5, 0.6) is 0 Å². The lowest BCUT2D eigenvalue weighted by atomic mass is 9.81. The van der Waals surface area contributed by atoms with Gasteiger partial charge in [-0.1, -0.05) is 158 Å². The average Bonchev–Trinajstić information content (AvgIpc) is 0.849. The number of alkyl halides is 12. The van der Waals surface area contributed by atoms with Gasteiger partial charge in [-0.2, -0.15) is 52.7 Å². The fourth-order valence-corrected chi connectivity index (χ4v) is 17.0. The van der Waals surface area contributed by atoms with E-state index in [1.54, 1.807) is 18.2 Å². The van der Waals surface area contributed by atoms with E-state index in [4.69, 9.17) is 23.2 Å². The van der Waals surface area contributed by atoms with Crippen LogP contribution in [-0.2, 0) is 56.7 Å². The number of nitrogens with one attached hydrogen (secondary N) is 8. The minimum Gasteiger partial charge on any atom is -0.352 e. The predicted octanol–water partition coefficient (Wildman–Crippen LogP) is 22.0. The van der Waals surface area contributed by atoms with E-state index in [1.165, 1.54) is 47.5 Å². The molecule has 0 unspecified atom stereocenters. The second-order valence-corrected chi connectivity index (χ2v) is 34.6. The van der Waals surface area contributed by atoms with Gasteiger partial charge >= 0.3 is 24.7 Å². The molecule has 4 saturated carbocycles. The van der Waals surface area contributed by atoms with Gasteiger partial charge in [0.15, 0.2) is 11.6 Å². The number of benzene rings is 8. The average molecular weight is 1880 g/mol. The first kappa shape index (κ1) is 103. The summed E-state index contributed by atoms with van der Waals surface area (Å²) >= 11 is 11.9. The van der Waals surface area contributed by atoms with E-state index >= 15 is 0 Å². The van der Waals surface area contributed by atoms with E-state index in [-0.39, 0.29) is 141 Å². The van der Waals surface area contributed by atoms with Crippen molar-refractivity contribution in [3.63, 3.8) is 0 Å². The van der Waals surface area contributed by atoms with Gasteiger partial charge in [-0.25, -0.2) is 0 Å². The van der Waals surface area contributed by atoms with Gasteiger partial charge in [0.2, 0.25) is 11.8 Å². The first-order valence-electron chi connectivity index (χ1n) is 43.8. The van der Waals surface area contributed by atoms with Gasteiger partial charge in [0, 0.05) is 89.0 Å². The lowest BCUT2D eigenvalue weighted by Gasteiger charge is -2.32. The molecule has 8 aromatic rings. The standard InChI is InChI=1S/C26H29F3N2O3.C25H27F3N2O3.2C24H26ClF3N2O2.6H2/c1-16-10-11-22(17(2)12-16)25(34)31-23-9-4-3-6-18(23)14-21(32)15-30-24(33)19-7-5-8-20(13-19)26(27,28)29;1-16-9-11-17(12-10-16)24(33)30-22-8-3-2-5-18(22)14-21(31)15-29-23(32)19-6-4-7-20(13-19)25(26,27)28;2*25-20-12-9-16(10-13-20)8-11-17-4-1-2-7-21(17)30-22(31)15-29-23(32)18-5-3-6-19(14-18)24(26,27)28;;;;;;/h5,7-8,10-13,18,23H,3-4,6,9,14-15H2,1-2H3,(H,30,33)(H,31,34);4,6-7,9-13,18,22H,2-3,5,8,14-15H2,1H3,(H,29,32)(H,30,33);2*3,5-6,9-10,12-14,17,21H,1-2,4,7-8,11,15H2,(H,29,32)(H,30,31);6*1H/t18-,23+;18-,22-;17-,21+;17-,21-;;;;;;/m0110....../s1. The van der Waals surface area contributed by atoms with Crippen LogP contribution in [0.15, 0.2) is 188 Å². The number of hydrogen-bond acceptors (Lipinski definition) is 10. The smallest absolute Gasteiger partial charge is 0.352 e. The van der Waals surface area contributed by atoms with Crippen molar-refractivity contribution in [2.75, 3.05) is 26.2 Å². The third kappa shape index (κ3) is 34.1. The molecule has 32 heteroatoms. The minimum absolute atomic E-state index is 0. The van der Waals surface area contributed by atoms with E-state index in [0.29, 0.717) is 33.0 Å². The third-order valence-electron chi connectivity index (χ3n) is 23.8. The van der Waals surface area contributed by atoms with Crippen molar-refractivity contribution in [2.24, 2.45) is 23.7 Å². The second kappa shape index (κ2) is 49.2. The molecule has 8 aromatic carbocycles. The molecule has 12 rings (SSSR count). The predicted molar refractivity (Wildman–Crippen MR) is 488 cm³/mol. The van der Waals surface area contributed by atoms with Gasteiger partial charge in [-0.15, -0.1) is 0 Å². The van der Waals surface area contributed by atoms with Gasteiger partial charge in [0.1, 0.15) is 0 Å². The molecule has 0 spiro atoms. The topological polar surface area (TPSA) is 267 Å². The zero-order chi connectivity index (χ0) is 95.2. The zero-order valence-electron chi connectivity index (χ0n) is 72.8. The van der Waals surface area contributed by atoms with E-state index in [2.05, 4.69) is 42.5 Å². The van der Waals surface area contributed by atoms with Crippen LogP contribution in [0.1, 0.15) is 249 Å². The normalized spacial score (nSPS) is 18.5. The summed E-state index contributed by atoms with van der Waals surface area (Å²) in [6.07, 6.45) is 0.832. The third-order valence-corrected chi connectivity index (χ3v) is 24.3. The Hall–Kier alpha value is -11.4. The fourth-order valence-electron chi connectivity index (χ4n) is 16.7. The minimum atomic E-state index is -4.55. The van der Waals surface area contributed by atoms with Crippen molar-refractivity contribution in [3.05, 3.63) is 282 Å². The molecule has 131 heavy (non-hydrogen) atoms. The number of Topliss-reactive ketones (excluding diaryl/α,β-unsaturated/α-hetero) is 2. The van der Waals surface area contributed by atoms with Crippen LogP contribution < -0.4 is 42.5 Å². The molecule has 0 saturated heterocycles. The molecular weight excluding hydrogens is 1760 g/mol. The zero-order valence-corrected chi connectivity index (χ0v) is 74.3. The number of hydrogen-bond donors (Lipinski definition) is 8. The Bertz CT molecular complexity index is 5090. The van der Waals surface area contributed by atoms with Crippen LogP contribution in [0, 0.1) is 44.4 Å². The highest BCUT2D eigenvalue weighted by molar-refractivity contribution is 6.30. The summed E-state index contributed by atoms with van der Waals surface area (Å²) < 4.78 is 154. The first-order valence-corrected chi connectivity index (χ1v) is 44.6. The molecule has 4 fully saturated rings. The van der Waals surface area contributed by atoms with Gasteiger partial charge in [-0.05, 0) is 253 Å². The molecular formula is C99H120Cl2F12N8O10. The Morgan fingerprint density at radius 3 is 0.939 bits per heavy atom. The Morgan fingerprint density at radius 1 is 0.313 bits per heavy atom. The van der Waals surface area contributed by atoms with Crippen LogP contribution in [-0.4, -0.2) is 109 Å². The molecule has 8 N–H and O–H groups in total. The van der Waals surface area contributed by atoms with Crippen molar-refractivity contribution in [1.29, 1.82) is 0 Å². The maximum absolute atomic E-state index is 12.9. The van der Waals surface area contributed by atoms with Gasteiger partial charge in [-0.3, -0.25) is 47.9 Å².